The third kappa shape index (κ3) is 3.01. The van der Waals surface area contributed by atoms with Crippen LogP contribution in [-0.2, 0) is 0 Å². The van der Waals surface area contributed by atoms with Gasteiger partial charge in [0, 0.05) is 29.8 Å². The number of halogens is 2. The zero-order chi connectivity index (χ0) is 18.4. The molecule has 1 aliphatic carbocycles. The van der Waals surface area contributed by atoms with E-state index in [0.29, 0.717) is 18.7 Å². The SMILES string of the molecule is FC1(F)CCC(Nc2ccc3ncc(-c4ccc5[nH]ncc5c4)n3n2)CC1. The van der Waals surface area contributed by atoms with Gasteiger partial charge in [0.15, 0.2) is 5.65 Å². The average Bonchev–Trinajstić information content (AvgIpc) is 3.29. The maximum Gasteiger partial charge on any atom is 0.248 e. The summed E-state index contributed by atoms with van der Waals surface area (Å²) in [6, 6.07) is 9.75. The number of nitrogens with one attached hydrogen (secondary N) is 2. The Morgan fingerprint density at radius 2 is 1.96 bits per heavy atom. The van der Waals surface area contributed by atoms with Gasteiger partial charge < -0.3 is 5.32 Å². The molecule has 0 bridgehead atoms. The molecule has 1 aliphatic rings. The predicted molar refractivity (Wildman–Crippen MR) is 98.9 cm³/mol. The molecule has 3 aromatic heterocycles. The first kappa shape index (κ1) is 16.2. The van der Waals surface area contributed by atoms with Crippen LogP contribution in [0.2, 0.25) is 0 Å². The molecule has 2 N–H and O–H groups in total. The lowest BCUT2D eigenvalue weighted by atomic mass is 9.92. The molecule has 0 radical (unpaired) electrons. The Balaban J connectivity index is 1.45. The molecular formula is C19H18F2N6. The largest absolute Gasteiger partial charge is 0.366 e. The van der Waals surface area contributed by atoms with Crippen LogP contribution in [0, 0.1) is 0 Å². The van der Waals surface area contributed by atoms with Crippen molar-refractivity contribution >= 4 is 22.4 Å². The van der Waals surface area contributed by atoms with Crippen molar-refractivity contribution in [1.82, 2.24) is 24.8 Å². The number of aromatic nitrogens is 5. The van der Waals surface area contributed by atoms with Crippen molar-refractivity contribution in [2.45, 2.75) is 37.6 Å². The Morgan fingerprint density at radius 1 is 1.11 bits per heavy atom. The van der Waals surface area contributed by atoms with E-state index >= 15 is 0 Å². The summed E-state index contributed by atoms with van der Waals surface area (Å²) in [6.07, 6.45) is 4.30. The topological polar surface area (TPSA) is 70.9 Å². The third-order valence-electron chi connectivity index (χ3n) is 5.17. The summed E-state index contributed by atoms with van der Waals surface area (Å²) in [6.45, 7) is 0. The summed E-state index contributed by atoms with van der Waals surface area (Å²) in [5.41, 5.74) is 3.56. The van der Waals surface area contributed by atoms with E-state index in [0.717, 1.165) is 27.8 Å². The molecule has 0 atom stereocenters. The quantitative estimate of drug-likeness (QED) is 0.567. The van der Waals surface area contributed by atoms with Crippen molar-refractivity contribution in [3.8, 4) is 11.3 Å². The van der Waals surface area contributed by atoms with Gasteiger partial charge in [0.05, 0.1) is 23.6 Å². The molecule has 5 rings (SSSR count). The van der Waals surface area contributed by atoms with E-state index in [1.807, 2.05) is 30.3 Å². The summed E-state index contributed by atoms with van der Waals surface area (Å²) in [7, 11) is 0. The molecule has 138 valence electrons. The maximum atomic E-state index is 13.3. The predicted octanol–water partition coefficient (Wildman–Crippen LogP) is 4.26. The number of imidazole rings is 1. The van der Waals surface area contributed by atoms with Gasteiger partial charge in [-0.25, -0.2) is 18.3 Å². The van der Waals surface area contributed by atoms with Crippen molar-refractivity contribution in [1.29, 1.82) is 0 Å². The number of hydrogen-bond acceptors (Lipinski definition) is 4. The summed E-state index contributed by atoms with van der Waals surface area (Å²) in [5, 5.41) is 15.9. The summed E-state index contributed by atoms with van der Waals surface area (Å²) in [4.78, 5) is 4.42. The van der Waals surface area contributed by atoms with Gasteiger partial charge in [0.2, 0.25) is 5.92 Å². The fraction of sp³-hybridized carbons (Fsp3) is 0.316. The molecule has 1 fully saturated rings. The summed E-state index contributed by atoms with van der Waals surface area (Å²) < 4.78 is 28.5. The number of alkyl halides is 2. The average molecular weight is 368 g/mol. The first-order chi connectivity index (χ1) is 13.1. The lowest BCUT2D eigenvalue weighted by molar-refractivity contribution is -0.0361. The molecule has 0 amide bonds. The second kappa shape index (κ2) is 6.00. The molecule has 4 aromatic rings. The summed E-state index contributed by atoms with van der Waals surface area (Å²) in [5.74, 6) is -1.86. The van der Waals surface area contributed by atoms with Crippen molar-refractivity contribution < 1.29 is 8.78 Å². The fourth-order valence-electron chi connectivity index (χ4n) is 3.64. The van der Waals surface area contributed by atoms with Gasteiger partial charge in [0.25, 0.3) is 0 Å². The monoisotopic (exact) mass is 368 g/mol. The smallest absolute Gasteiger partial charge is 0.248 e. The highest BCUT2D eigenvalue weighted by atomic mass is 19.3. The van der Waals surface area contributed by atoms with Crippen LogP contribution in [0.5, 0.6) is 0 Å². The first-order valence-electron chi connectivity index (χ1n) is 9.00. The zero-order valence-electron chi connectivity index (χ0n) is 14.5. The lowest BCUT2D eigenvalue weighted by Crippen LogP contribution is -2.32. The van der Waals surface area contributed by atoms with Crippen molar-refractivity contribution in [3.63, 3.8) is 0 Å². The molecule has 6 nitrogen and oxygen atoms in total. The molecule has 0 aliphatic heterocycles. The molecule has 3 heterocycles. The number of hydrogen-bond donors (Lipinski definition) is 2. The van der Waals surface area contributed by atoms with E-state index in [4.69, 9.17) is 0 Å². The summed E-state index contributed by atoms with van der Waals surface area (Å²) >= 11 is 0. The number of anilines is 1. The number of rotatable bonds is 3. The van der Waals surface area contributed by atoms with Gasteiger partial charge >= 0.3 is 0 Å². The van der Waals surface area contributed by atoms with E-state index < -0.39 is 5.92 Å². The number of benzene rings is 1. The molecule has 0 spiro atoms. The lowest BCUT2D eigenvalue weighted by Gasteiger charge is -2.29. The standard InChI is InChI=1S/C19H18F2N6/c20-19(21)7-5-14(6-8-19)24-17-3-4-18-22-11-16(27(18)26-17)12-1-2-15-13(9-12)10-23-25-15/h1-4,9-11,14H,5-8H2,(H,23,25)(H,24,26). The molecular weight excluding hydrogens is 350 g/mol. The molecule has 0 unspecified atom stereocenters. The van der Waals surface area contributed by atoms with Gasteiger partial charge in [-0.1, -0.05) is 6.07 Å². The molecule has 1 saturated carbocycles. The number of H-pyrrole nitrogens is 1. The van der Waals surface area contributed by atoms with Crippen molar-refractivity contribution in [3.05, 3.63) is 42.7 Å². The van der Waals surface area contributed by atoms with Crippen LogP contribution in [0.25, 0.3) is 27.8 Å². The second-order valence-electron chi connectivity index (χ2n) is 7.08. The first-order valence-corrected chi connectivity index (χ1v) is 9.00. The normalized spacial score (nSPS) is 17.6. The van der Waals surface area contributed by atoms with E-state index in [1.54, 1.807) is 16.9 Å². The highest BCUT2D eigenvalue weighted by Gasteiger charge is 2.34. The van der Waals surface area contributed by atoms with Crippen LogP contribution >= 0.6 is 0 Å². The highest BCUT2D eigenvalue weighted by Crippen LogP contribution is 2.34. The fourth-order valence-corrected chi connectivity index (χ4v) is 3.64. The van der Waals surface area contributed by atoms with Crippen LogP contribution in [0.1, 0.15) is 25.7 Å². The molecule has 27 heavy (non-hydrogen) atoms. The van der Waals surface area contributed by atoms with Crippen LogP contribution in [0.15, 0.2) is 42.7 Å². The number of fused-ring (bicyclic) bond motifs is 2. The maximum absolute atomic E-state index is 13.3. The van der Waals surface area contributed by atoms with E-state index in [1.165, 1.54) is 0 Å². The third-order valence-corrected chi connectivity index (χ3v) is 5.17. The zero-order valence-corrected chi connectivity index (χ0v) is 14.5. The molecule has 0 saturated heterocycles. The van der Waals surface area contributed by atoms with Crippen LogP contribution in [-0.4, -0.2) is 36.8 Å². The van der Waals surface area contributed by atoms with Crippen LogP contribution in [0.3, 0.4) is 0 Å². The Morgan fingerprint density at radius 3 is 2.81 bits per heavy atom. The molecule has 8 heteroatoms. The van der Waals surface area contributed by atoms with Crippen molar-refractivity contribution in [2.75, 3.05) is 5.32 Å². The second-order valence-corrected chi connectivity index (χ2v) is 7.08. The van der Waals surface area contributed by atoms with Crippen molar-refractivity contribution in [2.24, 2.45) is 0 Å². The van der Waals surface area contributed by atoms with Crippen LogP contribution in [0.4, 0.5) is 14.6 Å². The Hall–Kier alpha value is -3.03. The van der Waals surface area contributed by atoms with Gasteiger partial charge in [-0.3, -0.25) is 5.10 Å². The Bertz CT molecular complexity index is 1110. The minimum Gasteiger partial charge on any atom is -0.366 e. The van der Waals surface area contributed by atoms with Gasteiger partial charge in [-0.15, -0.1) is 5.10 Å². The Kier molecular flexibility index (Phi) is 3.60. The van der Waals surface area contributed by atoms with Gasteiger partial charge in [-0.05, 0) is 37.1 Å². The highest BCUT2D eigenvalue weighted by molar-refractivity contribution is 5.83. The number of nitrogens with zero attached hydrogens (tertiary/aromatic N) is 4. The number of aromatic amines is 1. The van der Waals surface area contributed by atoms with E-state index in [2.05, 4.69) is 25.6 Å². The van der Waals surface area contributed by atoms with Gasteiger partial charge in [-0.2, -0.15) is 5.10 Å². The minimum absolute atomic E-state index is 0.0174. The van der Waals surface area contributed by atoms with E-state index in [-0.39, 0.29) is 18.9 Å². The van der Waals surface area contributed by atoms with Crippen LogP contribution < -0.4 is 5.32 Å². The minimum atomic E-state index is -2.53. The Labute approximate surface area is 153 Å². The molecule has 1 aromatic carbocycles. The van der Waals surface area contributed by atoms with Gasteiger partial charge in [0.1, 0.15) is 5.82 Å². The van der Waals surface area contributed by atoms with E-state index in [9.17, 15) is 8.78 Å².